The Morgan fingerprint density at radius 1 is 1.50 bits per heavy atom. The zero-order valence-corrected chi connectivity index (χ0v) is 8.92. The fraction of sp³-hybridized carbons (Fsp3) is 0.900. The smallest absolute Gasteiger partial charge is 0.234 e. The van der Waals surface area contributed by atoms with E-state index in [1.807, 2.05) is 13.8 Å². The Balaban J connectivity index is 2.13. The number of rotatable bonds is 6. The SMILES string of the molecule is CC(C)C(CO)NCC(=O)NC1CC1. The average molecular weight is 200 g/mol. The summed E-state index contributed by atoms with van der Waals surface area (Å²) in [5, 5.41) is 14.9. The van der Waals surface area contributed by atoms with E-state index in [-0.39, 0.29) is 18.6 Å². The predicted octanol–water partition coefficient (Wildman–Crippen LogP) is -0.128. The summed E-state index contributed by atoms with van der Waals surface area (Å²) in [6.07, 6.45) is 2.22. The molecule has 0 aromatic carbocycles. The molecule has 0 radical (unpaired) electrons. The summed E-state index contributed by atoms with van der Waals surface area (Å²) >= 11 is 0. The average Bonchev–Trinajstić information content (AvgIpc) is 2.88. The zero-order chi connectivity index (χ0) is 10.6. The van der Waals surface area contributed by atoms with Gasteiger partial charge in [0.25, 0.3) is 0 Å². The van der Waals surface area contributed by atoms with Crippen molar-refractivity contribution in [2.45, 2.75) is 38.8 Å². The normalized spacial score (nSPS) is 18.3. The molecule has 4 nitrogen and oxygen atoms in total. The molecule has 0 bridgehead atoms. The van der Waals surface area contributed by atoms with Gasteiger partial charge in [0.2, 0.25) is 5.91 Å². The maximum absolute atomic E-state index is 11.3. The third-order valence-electron chi connectivity index (χ3n) is 2.47. The van der Waals surface area contributed by atoms with Crippen LogP contribution in [0.5, 0.6) is 0 Å². The Hall–Kier alpha value is -0.610. The van der Waals surface area contributed by atoms with Crippen molar-refractivity contribution in [3.63, 3.8) is 0 Å². The van der Waals surface area contributed by atoms with Crippen molar-refractivity contribution < 1.29 is 9.90 Å². The van der Waals surface area contributed by atoms with Gasteiger partial charge in [0, 0.05) is 12.1 Å². The lowest BCUT2D eigenvalue weighted by molar-refractivity contribution is -0.120. The van der Waals surface area contributed by atoms with Gasteiger partial charge in [0.15, 0.2) is 0 Å². The van der Waals surface area contributed by atoms with E-state index >= 15 is 0 Å². The largest absolute Gasteiger partial charge is 0.395 e. The van der Waals surface area contributed by atoms with Gasteiger partial charge in [0.05, 0.1) is 13.2 Å². The Bertz CT molecular complexity index is 191. The van der Waals surface area contributed by atoms with Crippen LogP contribution in [0, 0.1) is 5.92 Å². The number of hydrogen-bond acceptors (Lipinski definition) is 3. The van der Waals surface area contributed by atoms with Gasteiger partial charge in [-0.25, -0.2) is 0 Å². The van der Waals surface area contributed by atoms with E-state index in [0.717, 1.165) is 12.8 Å². The molecule has 4 heteroatoms. The van der Waals surface area contributed by atoms with Crippen LogP contribution in [0.1, 0.15) is 26.7 Å². The van der Waals surface area contributed by atoms with Gasteiger partial charge in [-0.3, -0.25) is 4.79 Å². The first-order valence-electron chi connectivity index (χ1n) is 5.27. The topological polar surface area (TPSA) is 61.4 Å². The first kappa shape index (κ1) is 11.5. The minimum absolute atomic E-state index is 0.0138. The minimum Gasteiger partial charge on any atom is -0.395 e. The number of amides is 1. The number of carbonyl (C=O) groups excluding carboxylic acids is 1. The second-order valence-electron chi connectivity index (χ2n) is 4.26. The Labute approximate surface area is 85.1 Å². The van der Waals surface area contributed by atoms with E-state index < -0.39 is 0 Å². The van der Waals surface area contributed by atoms with Crippen LogP contribution in [0.4, 0.5) is 0 Å². The van der Waals surface area contributed by atoms with Crippen molar-refractivity contribution in [3.8, 4) is 0 Å². The number of aliphatic hydroxyl groups is 1. The number of carbonyl (C=O) groups is 1. The van der Waals surface area contributed by atoms with Crippen LogP contribution in [0.2, 0.25) is 0 Å². The molecule has 0 aromatic rings. The lowest BCUT2D eigenvalue weighted by Crippen LogP contribution is -2.43. The molecule has 0 heterocycles. The monoisotopic (exact) mass is 200 g/mol. The molecule has 3 N–H and O–H groups in total. The highest BCUT2D eigenvalue weighted by Gasteiger charge is 2.23. The van der Waals surface area contributed by atoms with Gasteiger partial charge in [-0.05, 0) is 18.8 Å². The van der Waals surface area contributed by atoms with Crippen molar-refractivity contribution in [1.82, 2.24) is 10.6 Å². The minimum atomic E-state index is 0.0138. The van der Waals surface area contributed by atoms with Crippen LogP contribution in [-0.4, -0.2) is 36.2 Å². The number of aliphatic hydroxyl groups excluding tert-OH is 1. The van der Waals surface area contributed by atoms with E-state index in [1.165, 1.54) is 0 Å². The van der Waals surface area contributed by atoms with Crippen LogP contribution in [0.15, 0.2) is 0 Å². The van der Waals surface area contributed by atoms with E-state index in [1.54, 1.807) is 0 Å². The lowest BCUT2D eigenvalue weighted by Gasteiger charge is -2.19. The van der Waals surface area contributed by atoms with Crippen molar-refractivity contribution in [2.24, 2.45) is 5.92 Å². The van der Waals surface area contributed by atoms with E-state index in [4.69, 9.17) is 5.11 Å². The van der Waals surface area contributed by atoms with E-state index in [0.29, 0.717) is 18.5 Å². The summed E-state index contributed by atoms with van der Waals surface area (Å²) < 4.78 is 0. The van der Waals surface area contributed by atoms with Gasteiger partial charge in [-0.1, -0.05) is 13.8 Å². The predicted molar refractivity (Wildman–Crippen MR) is 54.9 cm³/mol. The summed E-state index contributed by atoms with van der Waals surface area (Å²) in [6, 6.07) is 0.427. The van der Waals surface area contributed by atoms with Gasteiger partial charge in [-0.2, -0.15) is 0 Å². The second kappa shape index (κ2) is 5.32. The maximum Gasteiger partial charge on any atom is 0.234 e. The Morgan fingerprint density at radius 3 is 2.57 bits per heavy atom. The maximum atomic E-state index is 11.3. The Kier molecular flexibility index (Phi) is 4.35. The van der Waals surface area contributed by atoms with Gasteiger partial charge in [0.1, 0.15) is 0 Å². The molecule has 1 saturated carbocycles. The van der Waals surface area contributed by atoms with Crippen molar-refractivity contribution in [3.05, 3.63) is 0 Å². The molecule has 1 aliphatic carbocycles. The van der Waals surface area contributed by atoms with Gasteiger partial charge < -0.3 is 15.7 Å². The van der Waals surface area contributed by atoms with Crippen molar-refractivity contribution in [2.75, 3.05) is 13.2 Å². The van der Waals surface area contributed by atoms with Crippen LogP contribution >= 0.6 is 0 Å². The first-order valence-corrected chi connectivity index (χ1v) is 5.27. The van der Waals surface area contributed by atoms with E-state index in [2.05, 4.69) is 10.6 Å². The third-order valence-corrected chi connectivity index (χ3v) is 2.47. The molecule has 14 heavy (non-hydrogen) atoms. The molecule has 1 rings (SSSR count). The molecule has 82 valence electrons. The van der Waals surface area contributed by atoms with Crippen LogP contribution in [0.25, 0.3) is 0 Å². The van der Waals surface area contributed by atoms with Crippen molar-refractivity contribution in [1.29, 1.82) is 0 Å². The fourth-order valence-electron chi connectivity index (χ4n) is 1.24. The van der Waals surface area contributed by atoms with Crippen LogP contribution in [-0.2, 0) is 4.79 Å². The van der Waals surface area contributed by atoms with Crippen LogP contribution < -0.4 is 10.6 Å². The fourth-order valence-corrected chi connectivity index (χ4v) is 1.24. The highest BCUT2D eigenvalue weighted by Crippen LogP contribution is 2.18. The van der Waals surface area contributed by atoms with Gasteiger partial charge >= 0.3 is 0 Å². The van der Waals surface area contributed by atoms with Gasteiger partial charge in [-0.15, -0.1) is 0 Å². The van der Waals surface area contributed by atoms with Crippen LogP contribution in [0.3, 0.4) is 0 Å². The third kappa shape index (κ3) is 4.07. The molecule has 1 amide bonds. The summed E-state index contributed by atoms with van der Waals surface area (Å²) in [5.41, 5.74) is 0. The van der Waals surface area contributed by atoms with Crippen molar-refractivity contribution >= 4 is 5.91 Å². The summed E-state index contributed by atoms with van der Waals surface area (Å²) in [6.45, 7) is 4.42. The number of hydrogen-bond donors (Lipinski definition) is 3. The highest BCUT2D eigenvalue weighted by molar-refractivity contribution is 5.78. The quantitative estimate of drug-likeness (QED) is 0.560. The molecular formula is C10H20N2O2. The lowest BCUT2D eigenvalue weighted by atomic mass is 10.1. The van der Waals surface area contributed by atoms with E-state index in [9.17, 15) is 4.79 Å². The molecule has 1 fully saturated rings. The molecular weight excluding hydrogens is 180 g/mol. The molecule has 1 aliphatic rings. The first-order chi connectivity index (χ1) is 6.63. The summed E-state index contributed by atoms with van der Waals surface area (Å²) in [5.74, 6) is 0.375. The molecule has 0 aromatic heterocycles. The highest BCUT2D eigenvalue weighted by atomic mass is 16.3. The molecule has 0 spiro atoms. The Morgan fingerprint density at radius 2 is 2.14 bits per heavy atom. The molecule has 0 aliphatic heterocycles. The zero-order valence-electron chi connectivity index (χ0n) is 8.92. The summed E-state index contributed by atoms with van der Waals surface area (Å²) in [7, 11) is 0. The molecule has 1 atom stereocenters. The molecule has 0 saturated heterocycles. The standard InChI is InChI=1S/C10H20N2O2/c1-7(2)9(6-13)11-5-10(14)12-8-3-4-8/h7-9,11,13H,3-6H2,1-2H3,(H,12,14). The second-order valence-corrected chi connectivity index (χ2v) is 4.26. The molecule has 1 unspecified atom stereocenters. The summed E-state index contributed by atoms with van der Waals surface area (Å²) in [4.78, 5) is 11.3. The number of nitrogens with one attached hydrogen (secondary N) is 2.